The maximum absolute atomic E-state index is 13.3. The van der Waals surface area contributed by atoms with Crippen molar-refractivity contribution in [1.82, 2.24) is 4.31 Å². The van der Waals surface area contributed by atoms with Crippen molar-refractivity contribution in [1.29, 1.82) is 0 Å². The summed E-state index contributed by atoms with van der Waals surface area (Å²) in [5.74, 6) is -1.82. The predicted molar refractivity (Wildman–Crippen MR) is 163 cm³/mol. The van der Waals surface area contributed by atoms with Gasteiger partial charge in [0, 0.05) is 16.3 Å². The second kappa shape index (κ2) is 13.3. The number of halogens is 3. The predicted octanol–water partition coefficient (Wildman–Crippen LogP) is 9.02. The summed E-state index contributed by atoms with van der Waals surface area (Å²) in [4.78, 5) is 12.7. The molecule has 0 aliphatic carbocycles. The maximum atomic E-state index is 13.3. The van der Waals surface area contributed by atoms with Crippen LogP contribution in [0.1, 0.15) is 40.7 Å². The molecule has 0 bridgehead atoms. The number of alkyl halides is 3. The van der Waals surface area contributed by atoms with Crippen LogP contribution in [0.5, 0.6) is 0 Å². The Hall–Kier alpha value is -3.31. The number of aliphatic hydroxyl groups excluding tert-OH is 1. The van der Waals surface area contributed by atoms with Gasteiger partial charge < -0.3 is 14.6 Å². The number of thioether (sulfide) groups is 1. The lowest BCUT2D eigenvalue weighted by molar-refractivity contribution is -0.153. The quantitative estimate of drug-likeness (QED) is 0.137. The molecule has 0 spiro atoms. The van der Waals surface area contributed by atoms with Crippen LogP contribution >= 0.6 is 22.4 Å². The zero-order chi connectivity index (χ0) is 30.6. The highest BCUT2D eigenvalue weighted by atomic mass is 32.2. The van der Waals surface area contributed by atoms with Crippen LogP contribution in [0, 0.1) is 20.8 Å². The number of hydrogen-bond acceptors (Lipinski definition) is 4. The number of aliphatic carboxylic acids is 1. The molecule has 0 aliphatic heterocycles. The van der Waals surface area contributed by atoms with Crippen molar-refractivity contribution in [2.45, 2.75) is 56.8 Å². The van der Waals surface area contributed by atoms with Crippen LogP contribution in [-0.2, 0) is 24.1 Å². The lowest BCUT2D eigenvalue weighted by Crippen LogP contribution is -2.20. The van der Waals surface area contributed by atoms with Gasteiger partial charge in [-0.3, -0.25) is 4.79 Å². The van der Waals surface area contributed by atoms with Gasteiger partial charge in [0.15, 0.2) is 0 Å². The fourth-order valence-electron chi connectivity index (χ4n) is 4.83. The van der Waals surface area contributed by atoms with Crippen LogP contribution in [0.2, 0.25) is 0 Å². The van der Waals surface area contributed by atoms with Crippen molar-refractivity contribution in [2.75, 3.05) is 5.75 Å². The number of nitrogens with zero attached hydrogens (tertiary/aromatic N) is 1. The van der Waals surface area contributed by atoms with E-state index in [1.165, 1.54) is 17.8 Å². The molecule has 1 heterocycles. The van der Waals surface area contributed by atoms with E-state index in [4.69, 9.17) is 9.52 Å². The fourth-order valence-corrected chi connectivity index (χ4v) is 7.69. The maximum Gasteiger partial charge on any atom is 0.449 e. The molecule has 0 radical (unpaired) electrons. The Balaban J connectivity index is 1.68. The summed E-state index contributed by atoms with van der Waals surface area (Å²) in [5, 5.41) is 20.1. The molecule has 42 heavy (non-hydrogen) atoms. The molecule has 1 aromatic heterocycles. The standard InChI is InChI=1S/C32H32F3NO4S2/c1-20-14-21(2)31(22(3)15-20)42(23(4)37)36(18-27-12-13-29(40-27)32(33,34)35)17-24-8-10-25(11-9-24)26-6-5-7-28(16-26)41-19-30(38)39/h5-16,37H,17-19H2,1-4H3,(H,38,39). The van der Waals surface area contributed by atoms with Crippen LogP contribution in [0.15, 0.2) is 87.0 Å². The van der Waals surface area contributed by atoms with Crippen LogP contribution in [-0.4, -0.2) is 31.3 Å². The second-order valence-corrected chi connectivity index (χ2v) is 13.1. The van der Waals surface area contributed by atoms with E-state index in [1.54, 1.807) is 6.92 Å². The number of hydrogen-bond donors (Lipinski definition) is 2. The number of carbonyl (C=O) groups is 1. The minimum atomic E-state index is -4.59. The molecule has 3 aromatic carbocycles. The highest BCUT2D eigenvalue weighted by Gasteiger charge is 2.35. The minimum absolute atomic E-state index is 0.0263. The first kappa shape index (κ1) is 31.6. The first-order valence-corrected chi connectivity index (χ1v) is 15.3. The van der Waals surface area contributed by atoms with Gasteiger partial charge in [-0.1, -0.05) is 64.8 Å². The molecule has 0 saturated carbocycles. The van der Waals surface area contributed by atoms with Gasteiger partial charge in [0.1, 0.15) is 5.76 Å². The van der Waals surface area contributed by atoms with E-state index in [1.807, 2.05) is 85.7 Å². The number of carboxylic acids is 1. The molecule has 10 heteroatoms. The molecule has 0 aliphatic rings. The zero-order valence-electron chi connectivity index (χ0n) is 23.7. The van der Waals surface area contributed by atoms with Crippen molar-refractivity contribution in [3.05, 3.63) is 107 Å². The van der Waals surface area contributed by atoms with E-state index < -0.39 is 28.6 Å². The molecular weight excluding hydrogens is 583 g/mol. The Labute approximate surface area is 250 Å². The van der Waals surface area contributed by atoms with E-state index in [-0.39, 0.29) is 23.1 Å². The number of aryl methyl sites for hydroxylation is 3. The lowest BCUT2D eigenvalue weighted by Gasteiger charge is -2.29. The van der Waals surface area contributed by atoms with Crippen molar-refractivity contribution >= 4 is 33.5 Å². The third kappa shape index (κ3) is 7.95. The molecule has 0 saturated heterocycles. The van der Waals surface area contributed by atoms with Crippen LogP contribution < -0.4 is 0 Å². The van der Waals surface area contributed by atoms with E-state index in [0.717, 1.165) is 49.2 Å². The number of aliphatic hydroxyl groups is 1. The molecule has 4 rings (SSSR count). The van der Waals surface area contributed by atoms with Gasteiger partial charge in [0.2, 0.25) is 5.76 Å². The monoisotopic (exact) mass is 615 g/mol. The van der Waals surface area contributed by atoms with E-state index in [9.17, 15) is 23.1 Å². The van der Waals surface area contributed by atoms with Gasteiger partial charge in [-0.15, -0.1) is 11.8 Å². The fraction of sp³-hybridized carbons (Fsp3) is 0.250. The summed E-state index contributed by atoms with van der Waals surface area (Å²) < 4.78 is 47.0. The molecule has 1 unspecified atom stereocenters. The third-order valence-electron chi connectivity index (χ3n) is 6.45. The zero-order valence-corrected chi connectivity index (χ0v) is 25.3. The van der Waals surface area contributed by atoms with Gasteiger partial charge in [-0.2, -0.15) is 13.2 Å². The molecule has 0 amide bonds. The van der Waals surface area contributed by atoms with Gasteiger partial charge in [0.25, 0.3) is 0 Å². The van der Waals surface area contributed by atoms with Crippen LogP contribution in [0.25, 0.3) is 11.1 Å². The first-order chi connectivity index (χ1) is 19.8. The average molecular weight is 616 g/mol. The second-order valence-electron chi connectivity index (χ2n) is 10.0. The number of furan rings is 1. The van der Waals surface area contributed by atoms with Gasteiger partial charge in [-0.05, 0) is 79.8 Å². The van der Waals surface area contributed by atoms with Crippen molar-refractivity contribution in [2.24, 2.45) is 0 Å². The summed E-state index contributed by atoms with van der Waals surface area (Å²) in [6.07, 6.45) is -4.59. The van der Waals surface area contributed by atoms with E-state index >= 15 is 0 Å². The number of benzene rings is 3. The largest absolute Gasteiger partial charge is 0.481 e. The Morgan fingerprint density at radius 1 is 0.905 bits per heavy atom. The average Bonchev–Trinajstić information content (AvgIpc) is 3.39. The molecule has 2 N–H and O–H groups in total. The smallest absolute Gasteiger partial charge is 0.449 e. The summed E-state index contributed by atoms with van der Waals surface area (Å²) >= 11 is 1.25. The van der Waals surface area contributed by atoms with Gasteiger partial charge >= 0.3 is 12.1 Å². The summed E-state index contributed by atoms with van der Waals surface area (Å²) in [6, 6.07) is 21.8. The van der Waals surface area contributed by atoms with Gasteiger partial charge in [0.05, 0.1) is 17.3 Å². The molecule has 222 valence electrons. The van der Waals surface area contributed by atoms with Crippen LogP contribution in [0.4, 0.5) is 13.2 Å². The van der Waals surface area contributed by atoms with E-state index in [2.05, 4.69) is 0 Å². The molecule has 1 atom stereocenters. The number of carboxylic acid groups (broad SMARTS) is 1. The molecule has 5 nitrogen and oxygen atoms in total. The highest BCUT2D eigenvalue weighted by Crippen LogP contribution is 2.41. The molecule has 4 aromatic rings. The Morgan fingerprint density at radius 3 is 2.14 bits per heavy atom. The van der Waals surface area contributed by atoms with Crippen molar-refractivity contribution in [3.63, 3.8) is 0 Å². The SMILES string of the molecule is C/C(O)=S(\c1c(C)cc(C)cc1C)N(Cc1ccc(-c2cccc(SCC(=O)O)c2)cc1)Cc1ccc(C(F)(F)F)o1. The highest BCUT2D eigenvalue weighted by molar-refractivity contribution is 8.13. The Morgan fingerprint density at radius 2 is 1.57 bits per heavy atom. The summed E-state index contributed by atoms with van der Waals surface area (Å²) in [7, 11) is -0.959. The lowest BCUT2D eigenvalue weighted by atomic mass is 10.0. The minimum Gasteiger partial charge on any atom is -0.481 e. The first-order valence-electron chi connectivity index (χ1n) is 13.1. The van der Waals surface area contributed by atoms with Gasteiger partial charge in [-0.25, -0.2) is 4.31 Å². The summed E-state index contributed by atoms with van der Waals surface area (Å²) in [5.41, 5.74) is 5.84. The van der Waals surface area contributed by atoms with E-state index in [0.29, 0.717) is 6.54 Å². The third-order valence-corrected chi connectivity index (χ3v) is 9.80. The van der Waals surface area contributed by atoms with Crippen molar-refractivity contribution < 1.29 is 32.6 Å². The normalized spacial score (nSPS) is 12.9. The van der Waals surface area contributed by atoms with Crippen LogP contribution in [0.3, 0.4) is 0 Å². The number of rotatable bonds is 10. The molecule has 0 fully saturated rings. The van der Waals surface area contributed by atoms with Crippen molar-refractivity contribution in [3.8, 4) is 11.1 Å². The molecular formula is C32H32F3NO4S2. The Kier molecular flexibility index (Phi) is 10.0. The Bertz CT molecular complexity index is 1580. The topological polar surface area (TPSA) is 73.9 Å². The summed E-state index contributed by atoms with van der Waals surface area (Å²) in [6.45, 7) is 7.96.